The fraction of sp³-hybridized carbons (Fsp3) is 0.125. The molecule has 0 saturated heterocycles. The van der Waals surface area contributed by atoms with Crippen LogP contribution in [-0.2, 0) is 19.4 Å². The predicted molar refractivity (Wildman–Crippen MR) is 134 cm³/mol. The van der Waals surface area contributed by atoms with Gasteiger partial charge in [-0.15, -0.1) is 0 Å². The number of aromatic amines is 1. The first kappa shape index (κ1) is 31.5. The summed E-state index contributed by atoms with van der Waals surface area (Å²) in [4.78, 5) is 34.9. The van der Waals surface area contributed by atoms with E-state index in [4.69, 9.17) is 24.8 Å². The normalized spacial score (nSPS) is 12.0. The number of carbonyl (C=O) groups is 2. The summed E-state index contributed by atoms with van der Waals surface area (Å²) in [7, 11) is -3.24. The van der Waals surface area contributed by atoms with Crippen molar-refractivity contribution >= 4 is 33.3 Å². The van der Waals surface area contributed by atoms with Crippen LogP contribution in [0.1, 0.15) is 0 Å². The molecular weight excluding hydrogens is 600 g/mol. The van der Waals surface area contributed by atoms with E-state index in [1.807, 2.05) is 18.2 Å². The molecule has 0 atom stereocenters. The van der Waals surface area contributed by atoms with Crippen molar-refractivity contribution in [2.45, 2.75) is 17.2 Å². The van der Waals surface area contributed by atoms with E-state index in [0.717, 1.165) is 33.8 Å². The van der Waals surface area contributed by atoms with E-state index < -0.39 is 34.1 Å². The molecule has 0 radical (unpaired) electrons. The zero-order valence-corrected chi connectivity index (χ0v) is 21.6. The Labute approximate surface area is 231 Å². The number of aromatic nitrogens is 4. The second-order valence-corrected chi connectivity index (χ2v) is 10.2. The van der Waals surface area contributed by atoms with Crippen LogP contribution in [0.3, 0.4) is 0 Å². The van der Waals surface area contributed by atoms with Crippen LogP contribution in [-0.4, -0.2) is 69.1 Å². The van der Waals surface area contributed by atoms with Gasteiger partial charge in [0.1, 0.15) is 17.3 Å². The summed E-state index contributed by atoms with van der Waals surface area (Å²) in [5.41, 5.74) is 5.10. The zero-order valence-electron chi connectivity index (χ0n) is 20.8. The third kappa shape index (κ3) is 7.59. The highest BCUT2D eigenvalue weighted by Gasteiger charge is 2.38. The number of hydrogen-bond acceptors (Lipinski definition) is 8. The van der Waals surface area contributed by atoms with Gasteiger partial charge >= 0.3 is 24.3 Å². The summed E-state index contributed by atoms with van der Waals surface area (Å²) in [6.45, 7) is 0. The first-order valence-electron chi connectivity index (χ1n) is 11.1. The number of fused-ring (bicyclic) bond motifs is 5. The third-order valence-corrected chi connectivity index (χ3v) is 6.28. The molecule has 0 bridgehead atoms. The monoisotopic (exact) mass is 617 g/mol. The van der Waals surface area contributed by atoms with Crippen molar-refractivity contribution < 1.29 is 54.6 Å². The Morgan fingerprint density at radius 3 is 1.95 bits per heavy atom. The molecule has 1 aliphatic rings. The molecule has 4 heterocycles. The lowest BCUT2D eigenvalue weighted by atomic mass is 10.1. The molecule has 5 rings (SSSR count). The van der Waals surface area contributed by atoms with E-state index in [-0.39, 0.29) is 4.90 Å². The number of anilines is 2. The number of halogens is 6. The minimum atomic E-state index is -5.08. The van der Waals surface area contributed by atoms with Crippen molar-refractivity contribution in [1.29, 1.82) is 0 Å². The Bertz CT molecular complexity index is 1630. The van der Waals surface area contributed by atoms with E-state index in [1.165, 1.54) is 6.26 Å². The van der Waals surface area contributed by atoms with Crippen LogP contribution in [0.2, 0.25) is 0 Å². The summed E-state index contributed by atoms with van der Waals surface area (Å²) in [5, 5.41) is 17.6. The Hall–Kier alpha value is -5.00. The molecule has 0 aliphatic carbocycles. The van der Waals surface area contributed by atoms with Gasteiger partial charge in [-0.25, -0.2) is 28.0 Å². The highest BCUT2D eigenvalue weighted by molar-refractivity contribution is 7.90. The van der Waals surface area contributed by atoms with E-state index >= 15 is 0 Å². The smallest absolute Gasteiger partial charge is 0.475 e. The molecule has 0 saturated carbocycles. The number of hydrogen-bond donors (Lipinski definition) is 4. The molecule has 4 N–H and O–H groups in total. The molecule has 0 unspecified atom stereocenters. The van der Waals surface area contributed by atoms with Gasteiger partial charge in [-0.1, -0.05) is 0 Å². The average molecular weight is 617 g/mol. The fourth-order valence-electron chi connectivity index (χ4n) is 3.30. The van der Waals surface area contributed by atoms with E-state index in [2.05, 4.69) is 20.3 Å². The lowest BCUT2D eigenvalue weighted by Gasteiger charge is -2.07. The van der Waals surface area contributed by atoms with Crippen LogP contribution < -0.4 is 5.32 Å². The molecule has 0 spiro atoms. The first-order valence-corrected chi connectivity index (χ1v) is 13.0. The highest BCUT2D eigenvalue weighted by Crippen LogP contribution is 2.42. The third-order valence-electron chi connectivity index (χ3n) is 5.15. The van der Waals surface area contributed by atoms with Crippen LogP contribution in [0.4, 0.5) is 37.8 Å². The van der Waals surface area contributed by atoms with E-state index in [0.29, 0.717) is 11.6 Å². The zero-order chi connectivity index (χ0) is 31.5. The number of carboxylic acids is 2. The van der Waals surface area contributed by atoms with Gasteiger partial charge in [-0.3, -0.25) is 4.98 Å². The summed E-state index contributed by atoms with van der Waals surface area (Å²) in [5.74, 6) is -4.15. The highest BCUT2D eigenvalue weighted by atomic mass is 32.2. The quantitative estimate of drug-likeness (QED) is 0.199. The molecule has 3 aromatic heterocycles. The van der Waals surface area contributed by atoms with Gasteiger partial charge in [-0.05, 0) is 42.5 Å². The number of aliphatic carboxylic acids is 2. The number of sulfone groups is 1. The van der Waals surface area contributed by atoms with Crippen molar-refractivity contribution in [3.63, 3.8) is 0 Å². The number of alkyl halides is 6. The molecule has 11 nitrogen and oxygen atoms in total. The van der Waals surface area contributed by atoms with Crippen LogP contribution >= 0.6 is 0 Å². The number of carboxylic acid groups (broad SMARTS) is 2. The summed E-state index contributed by atoms with van der Waals surface area (Å²) < 4.78 is 86.9. The summed E-state index contributed by atoms with van der Waals surface area (Å²) in [6.07, 6.45) is -3.76. The Kier molecular flexibility index (Phi) is 8.90. The van der Waals surface area contributed by atoms with Gasteiger partial charge in [-0.2, -0.15) is 26.3 Å². The van der Waals surface area contributed by atoms with Gasteiger partial charge in [0.05, 0.1) is 22.5 Å². The Balaban J connectivity index is 0.000000289. The number of rotatable bonds is 2. The maximum Gasteiger partial charge on any atom is 0.490 e. The number of H-pyrrole nitrogens is 1. The Morgan fingerprint density at radius 1 is 0.857 bits per heavy atom. The van der Waals surface area contributed by atoms with Crippen LogP contribution in [0.25, 0.3) is 33.9 Å². The van der Waals surface area contributed by atoms with Crippen LogP contribution in [0, 0.1) is 0 Å². The minimum absolute atomic E-state index is 0.277. The largest absolute Gasteiger partial charge is 0.490 e. The van der Waals surface area contributed by atoms with Crippen LogP contribution in [0.5, 0.6) is 0 Å². The lowest BCUT2D eigenvalue weighted by molar-refractivity contribution is -0.193. The molecule has 18 heteroatoms. The molecule has 1 aliphatic heterocycles. The summed E-state index contributed by atoms with van der Waals surface area (Å²) >= 11 is 0. The number of pyridine rings is 2. The fourth-order valence-corrected chi connectivity index (χ4v) is 3.93. The average Bonchev–Trinajstić information content (AvgIpc) is 3.28. The maximum atomic E-state index is 11.7. The maximum absolute atomic E-state index is 11.7. The van der Waals surface area contributed by atoms with Gasteiger partial charge in [0.15, 0.2) is 9.84 Å². The van der Waals surface area contributed by atoms with Crippen molar-refractivity contribution in [1.82, 2.24) is 19.9 Å². The minimum Gasteiger partial charge on any atom is -0.475 e. The second-order valence-electron chi connectivity index (χ2n) is 8.16. The standard InChI is InChI=1S/C20H15N5O2S.2C2HF3O2/c1-28(26,27)13-6-4-12(5-7-13)19-24-17-14-8-10-21-11-16(14)23-20-15(18(17)25-19)3-2-9-22-20;2*3-2(4,5)1(6)7/h2-11H,1H3,(H,22,23)(H,24,25);2*(H,6,7). The van der Waals surface area contributed by atoms with Crippen molar-refractivity contribution in [3.8, 4) is 33.9 Å². The predicted octanol–water partition coefficient (Wildman–Crippen LogP) is 4.93. The van der Waals surface area contributed by atoms with E-state index in [9.17, 15) is 34.8 Å². The lowest BCUT2D eigenvalue weighted by Crippen LogP contribution is -2.21. The molecule has 0 fully saturated rings. The number of nitrogens with zero attached hydrogens (tertiary/aromatic N) is 3. The SMILES string of the molecule is CS(=O)(=O)c1ccc(-c2nc3c([nH]2)-c2ccncc2Nc2ncccc2-3)cc1.O=C(O)C(F)(F)F.O=C(O)C(F)(F)F. The number of imidazole rings is 1. The molecule has 4 aromatic rings. The second kappa shape index (κ2) is 11.9. The molecular formula is C24H17F6N5O6S. The van der Waals surface area contributed by atoms with Gasteiger partial charge < -0.3 is 20.5 Å². The first-order chi connectivity index (χ1) is 19.4. The van der Waals surface area contributed by atoms with Crippen LogP contribution in [0.15, 0.2) is 66.0 Å². The molecule has 0 amide bonds. The number of nitrogens with one attached hydrogen (secondary N) is 2. The molecule has 222 valence electrons. The summed E-state index contributed by atoms with van der Waals surface area (Å²) in [6, 6.07) is 12.4. The van der Waals surface area contributed by atoms with Gasteiger partial charge in [0.2, 0.25) is 0 Å². The Morgan fingerprint density at radius 2 is 1.43 bits per heavy atom. The van der Waals surface area contributed by atoms with Crippen molar-refractivity contribution in [2.75, 3.05) is 11.6 Å². The van der Waals surface area contributed by atoms with Crippen molar-refractivity contribution in [2.24, 2.45) is 0 Å². The van der Waals surface area contributed by atoms with Crippen molar-refractivity contribution in [3.05, 3.63) is 61.1 Å². The topological polar surface area (TPSA) is 175 Å². The van der Waals surface area contributed by atoms with Gasteiger partial charge in [0.25, 0.3) is 0 Å². The number of benzene rings is 1. The van der Waals surface area contributed by atoms with E-state index in [1.54, 1.807) is 42.9 Å². The van der Waals surface area contributed by atoms with Gasteiger partial charge in [0, 0.05) is 35.3 Å². The molecule has 42 heavy (non-hydrogen) atoms. The molecule has 1 aromatic carbocycles.